The number of nitrogens with one attached hydrogen (secondary N) is 3. The van der Waals surface area contributed by atoms with Gasteiger partial charge in [0.25, 0.3) is 0 Å². The number of nitrogens with two attached hydrogens (primary N) is 1. The topological polar surface area (TPSA) is 107 Å². The van der Waals surface area contributed by atoms with E-state index in [4.69, 9.17) is 20.7 Å². The van der Waals surface area contributed by atoms with Gasteiger partial charge in [0.15, 0.2) is 0 Å². The van der Waals surface area contributed by atoms with E-state index < -0.39 is 0 Å². The Morgan fingerprint density at radius 3 is 1.40 bits per heavy atom. The highest BCUT2D eigenvalue weighted by Gasteiger charge is 2.42. The van der Waals surface area contributed by atoms with Gasteiger partial charge in [0.2, 0.25) is 17.8 Å². The highest BCUT2D eigenvalue weighted by atomic mass is 15.4. The van der Waals surface area contributed by atoms with E-state index in [0.717, 1.165) is 76.4 Å². The van der Waals surface area contributed by atoms with Gasteiger partial charge < -0.3 is 31.5 Å². The van der Waals surface area contributed by atoms with Crippen molar-refractivity contribution in [2.45, 2.75) is 155 Å². The highest BCUT2D eigenvalue weighted by Crippen LogP contribution is 2.36. The Hall–Kier alpha value is -1.71. The van der Waals surface area contributed by atoms with Gasteiger partial charge in [-0.05, 0) is 93.9 Å². The lowest BCUT2D eigenvalue weighted by molar-refractivity contribution is 0.157. The van der Waals surface area contributed by atoms with Crippen LogP contribution in [-0.2, 0) is 0 Å². The molecular formula is C31H61N9. The van der Waals surface area contributed by atoms with E-state index in [0.29, 0.717) is 31.1 Å². The molecule has 2 fully saturated rings. The Balaban J connectivity index is 2.09. The molecule has 1 aromatic heterocycles. The van der Waals surface area contributed by atoms with Crippen molar-refractivity contribution in [3.05, 3.63) is 0 Å². The summed E-state index contributed by atoms with van der Waals surface area (Å²) in [5, 5.41) is 11.1. The molecule has 9 heteroatoms. The minimum absolute atomic E-state index is 0.0345. The fraction of sp³-hybridized carbons (Fsp3) is 0.903. The van der Waals surface area contributed by atoms with Crippen molar-refractivity contribution in [1.29, 1.82) is 0 Å². The van der Waals surface area contributed by atoms with Gasteiger partial charge in [-0.1, -0.05) is 26.7 Å². The molecule has 0 amide bonds. The lowest BCUT2D eigenvalue weighted by Crippen LogP contribution is -2.63. The largest absolute Gasteiger partial charge is 0.353 e. The molecule has 0 aromatic carbocycles. The molecule has 0 radical (unpaired) electrons. The van der Waals surface area contributed by atoms with E-state index in [1.165, 1.54) is 0 Å². The molecule has 0 bridgehead atoms. The predicted molar refractivity (Wildman–Crippen MR) is 171 cm³/mol. The van der Waals surface area contributed by atoms with E-state index in [9.17, 15) is 0 Å². The average molecular weight is 560 g/mol. The van der Waals surface area contributed by atoms with Gasteiger partial charge in [-0.3, -0.25) is 0 Å². The van der Waals surface area contributed by atoms with Crippen LogP contribution in [0.4, 0.5) is 17.8 Å². The van der Waals surface area contributed by atoms with Gasteiger partial charge in [-0.25, -0.2) is 0 Å². The van der Waals surface area contributed by atoms with Crippen molar-refractivity contribution in [1.82, 2.24) is 25.6 Å². The summed E-state index contributed by atoms with van der Waals surface area (Å²) in [7, 11) is 0. The molecule has 2 saturated heterocycles. The molecule has 2 aliphatic rings. The normalized spacial score (nSPS) is 22.2. The van der Waals surface area contributed by atoms with E-state index in [-0.39, 0.29) is 22.2 Å². The lowest BCUT2D eigenvalue weighted by atomic mass is 9.79. The monoisotopic (exact) mass is 560 g/mol. The van der Waals surface area contributed by atoms with Crippen LogP contribution in [0, 0.1) is 0 Å². The molecule has 0 saturated carbocycles. The third-order valence-corrected chi connectivity index (χ3v) is 8.28. The van der Waals surface area contributed by atoms with E-state index >= 15 is 0 Å². The fourth-order valence-electron chi connectivity index (χ4n) is 7.40. The maximum atomic E-state index is 5.89. The SMILES string of the molecule is CCCCN(c1nc(NCCN)nc(N(CCCC)C2CC(C)(C)NC(C)(C)C2)n1)C1CC(C)(C)NC(C)(C)C1. The summed E-state index contributed by atoms with van der Waals surface area (Å²) in [6, 6.07) is 0.687. The number of rotatable bonds is 13. The Labute approximate surface area is 245 Å². The maximum absolute atomic E-state index is 5.89. The van der Waals surface area contributed by atoms with Gasteiger partial charge in [0.1, 0.15) is 0 Å². The van der Waals surface area contributed by atoms with Crippen molar-refractivity contribution in [2.75, 3.05) is 41.3 Å². The van der Waals surface area contributed by atoms with Crippen molar-refractivity contribution in [3.8, 4) is 0 Å². The molecule has 0 aliphatic carbocycles. The molecule has 1 aromatic rings. The maximum Gasteiger partial charge on any atom is 0.232 e. The molecule has 9 nitrogen and oxygen atoms in total. The Kier molecular flexibility index (Phi) is 10.7. The fourth-order valence-corrected chi connectivity index (χ4v) is 7.40. The van der Waals surface area contributed by atoms with Crippen molar-refractivity contribution in [2.24, 2.45) is 5.73 Å². The first-order chi connectivity index (χ1) is 18.6. The summed E-state index contributed by atoms with van der Waals surface area (Å²) in [4.78, 5) is 20.4. The van der Waals surface area contributed by atoms with Crippen LogP contribution in [0.25, 0.3) is 0 Å². The number of piperidine rings is 2. The number of nitrogens with zero attached hydrogens (tertiary/aromatic N) is 5. The summed E-state index contributed by atoms with van der Waals surface area (Å²) < 4.78 is 0. The van der Waals surface area contributed by atoms with Crippen LogP contribution in [0.5, 0.6) is 0 Å². The van der Waals surface area contributed by atoms with E-state index in [2.05, 4.69) is 95.0 Å². The molecule has 0 atom stereocenters. The summed E-state index contributed by atoms with van der Waals surface area (Å²) in [6.07, 6.45) is 8.65. The molecule has 5 N–H and O–H groups in total. The quantitative estimate of drug-likeness (QED) is 0.263. The molecule has 0 spiro atoms. The number of hydrogen-bond donors (Lipinski definition) is 4. The number of anilines is 3. The minimum Gasteiger partial charge on any atom is -0.353 e. The Morgan fingerprint density at radius 2 is 1.07 bits per heavy atom. The second-order valence-electron chi connectivity index (χ2n) is 15.0. The van der Waals surface area contributed by atoms with Crippen LogP contribution in [0.1, 0.15) is 121 Å². The Morgan fingerprint density at radius 1 is 0.700 bits per heavy atom. The molecule has 230 valence electrons. The van der Waals surface area contributed by atoms with Crippen molar-refractivity contribution >= 4 is 17.8 Å². The van der Waals surface area contributed by atoms with E-state index in [1.807, 2.05) is 0 Å². The second-order valence-corrected chi connectivity index (χ2v) is 15.0. The molecular weight excluding hydrogens is 498 g/mol. The van der Waals surface area contributed by atoms with Gasteiger partial charge in [0, 0.05) is 60.4 Å². The number of hydrogen-bond acceptors (Lipinski definition) is 9. The molecule has 40 heavy (non-hydrogen) atoms. The van der Waals surface area contributed by atoms with Gasteiger partial charge in [0.05, 0.1) is 0 Å². The first kappa shape index (κ1) is 32.8. The zero-order chi connectivity index (χ0) is 29.8. The van der Waals surface area contributed by atoms with Crippen LogP contribution in [0.2, 0.25) is 0 Å². The summed E-state index contributed by atoms with van der Waals surface area (Å²) >= 11 is 0. The summed E-state index contributed by atoms with van der Waals surface area (Å²) in [5.41, 5.74) is 6.03. The van der Waals surface area contributed by atoms with Crippen LogP contribution in [0.15, 0.2) is 0 Å². The number of aromatic nitrogens is 3. The summed E-state index contributed by atoms with van der Waals surface area (Å²) in [5.74, 6) is 2.23. The molecule has 2 aliphatic heterocycles. The molecule has 3 heterocycles. The first-order valence-electron chi connectivity index (χ1n) is 15.9. The van der Waals surface area contributed by atoms with Crippen molar-refractivity contribution < 1.29 is 0 Å². The van der Waals surface area contributed by atoms with Crippen molar-refractivity contribution in [3.63, 3.8) is 0 Å². The third kappa shape index (κ3) is 9.15. The van der Waals surface area contributed by atoms with Gasteiger partial charge >= 0.3 is 0 Å². The van der Waals surface area contributed by atoms with Crippen LogP contribution < -0.4 is 31.5 Å². The Bertz CT molecular complexity index is 842. The summed E-state index contributed by atoms with van der Waals surface area (Å²) in [6.45, 7) is 26.1. The second kappa shape index (κ2) is 13.1. The minimum atomic E-state index is 0.0345. The average Bonchev–Trinajstić information content (AvgIpc) is 2.79. The van der Waals surface area contributed by atoms with E-state index in [1.54, 1.807) is 0 Å². The standard InChI is InChI=1S/C31H61N9/c1-11-13-17-39(23-19-28(3,4)37-29(5,6)20-23)26-34-25(33-16-15-32)35-27(36-26)40(18-14-12-2)24-21-30(7,8)38-31(9,10)22-24/h23-24,37-38H,11-22,32H2,1-10H3,(H,33,34,35,36). The third-order valence-electron chi connectivity index (χ3n) is 8.28. The lowest BCUT2D eigenvalue weighted by Gasteiger charge is -2.50. The first-order valence-corrected chi connectivity index (χ1v) is 15.9. The van der Waals surface area contributed by atoms with Crippen LogP contribution in [-0.4, -0.2) is 75.4 Å². The van der Waals surface area contributed by atoms with Crippen LogP contribution >= 0.6 is 0 Å². The zero-order valence-electron chi connectivity index (χ0n) is 27.5. The smallest absolute Gasteiger partial charge is 0.232 e. The zero-order valence-corrected chi connectivity index (χ0v) is 27.5. The number of unbranched alkanes of at least 4 members (excludes halogenated alkanes) is 2. The van der Waals surface area contributed by atoms with Gasteiger partial charge in [-0.15, -0.1) is 0 Å². The van der Waals surface area contributed by atoms with Crippen LogP contribution in [0.3, 0.4) is 0 Å². The van der Waals surface area contributed by atoms with Gasteiger partial charge in [-0.2, -0.15) is 15.0 Å². The predicted octanol–water partition coefficient (Wildman–Crippen LogP) is 5.07. The highest BCUT2D eigenvalue weighted by molar-refractivity contribution is 5.47. The molecule has 3 rings (SSSR count). The molecule has 0 unspecified atom stereocenters.